The highest BCUT2D eigenvalue weighted by Crippen LogP contribution is 2.43. The molecule has 2 heterocycles. The van der Waals surface area contributed by atoms with Crippen LogP contribution in [0.3, 0.4) is 0 Å². The molecule has 0 radical (unpaired) electrons. The fourth-order valence-corrected chi connectivity index (χ4v) is 3.13. The molecule has 3 atom stereocenters. The molecule has 2 aliphatic heterocycles. The summed E-state index contributed by atoms with van der Waals surface area (Å²) in [4.78, 5) is 2.14. The smallest absolute Gasteiger partial charge is 0.115 e. The zero-order valence-electron chi connectivity index (χ0n) is 11.1. The average molecular weight is 245 g/mol. The summed E-state index contributed by atoms with van der Waals surface area (Å²) >= 11 is 0. The van der Waals surface area contributed by atoms with Crippen LogP contribution in [0.25, 0.3) is 0 Å². The molecule has 2 rings (SSSR count). The van der Waals surface area contributed by atoms with Crippen molar-refractivity contribution in [3.63, 3.8) is 0 Å². The molecule has 2 saturated heterocycles. The second-order valence-electron chi connectivity index (χ2n) is 6.45. The van der Waals surface area contributed by atoms with E-state index in [0.717, 1.165) is 12.8 Å². The van der Waals surface area contributed by atoms with Crippen molar-refractivity contribution in [2.75, 3.05) is 19.8 Å². The summed E-state index contributed by atoms with van der Waals surface area (Å²) in [7, 11) is 0. The Morgan fingerprint density at radius 2 is 2.18 bits per heavy atom. The number of hydrogen-bond donors (Lipinski definition) is 1. The average Bonchev–Trinajstić information content (AvgIpc) is 2.68. The van der Waals surface area contributed by atoms with Crippen molar-refractivity contribution < 1.29 is 14.2 Å². The van der Waals surface area contributed by atoms with Crippen molar-refractivity contribution in [2.45, 2.75) is 63.4 Å². The molecule has 0 aromatic rings. The van der Waals surface area contributed by atoms with Crippen LogP contribution < -0.4 is 0 Å². The van der Waals surface area contributed by atoms with Crippen LogP contribution in [0.4, 0.5) is 4.39 Å². The molecule has 0 saturated carbocycles. The van der Waals surface area contributed by atoms with Crippen LogP contribution in [0.5, 0.6) is 0 Å². The summed E-state index contributed by atoms with van der Waals surface area (Å²) in [6.45, 7) is 7.23. The van der Waals surface area contributed by atoms with Gasteiger partial charge < -0.3 is 9.84 Å². The third-order valence-corrected chi connectivity index (χ3v) is 3.97. The van der Waals surface area contributed by atoms with E-state index in [4.69, 9.17) is 4.74 Å². The number of alkyl halides is 1. The molecule has 0 amide bonds. The Kier molecular flexibility index (Phi) is 3.49. The van der Waals surface area contributed by atoms with E-state index in [1.165, 1.54) is 0 Å². The zero-order chi connectivity index (χ0) is 12.7. The minimum Gasteiger partial charge on any atom is -0.395 e. The maximum atomic E-state index is 13.6. The first kappa shape index (κ1) is 13.2. The van der Waals surface area contributed by atoms with Crippen LogP contribution in [0, 0.1) is 0 Å². The normalized spacial score (nSPS) is 38.6. The maximum Gasteiger partial charge on any atom is 0.115 e. The van der Waals surface area contributed by atoms with Gasteiger partial charge in [-0.15, -0.1) is 0 Å². The van der Waals surface area contributed by atoms with Gasteiger partial charge in [0.25, 0.3) is 0 Å². The largest absolute Gasteiger partial charge is 0.395 e. The van der Waals surface area contributed by atoms with E-state index < -0.39 is 6.17 Å². The second-order valence-corrected chi connectivity index (χ2v) is 6.45. The maximum absolute atomic E-state index is 13.6. The van der Waals surface area contributed by atoms with E-state index in [-0.39, 0.29) is 23.8 Å². The molecule has 1 N–H and O–H groups in total. The Bertz CT molecular complexity index is 279. The highest BCUT2D eigenvalue weighted by Gasteiger charge is 2.53. The molecule has 4 heteroatoms. The summed E-state index contributed by atoms with van der Waals surface area (Å²) in [6.07, 6.45) is 1.68. The monoisotopic (exact) mass is 245 g/mol. The lowest BCUT2D eigenvalue weighted by molar-refractivity contribution is -0.0589. The van der Waals surface area contributed by atoms with Gasteiger partial charge in [-0.05, 0) is 33.6 Å². The molecule has 0 bridgehead atoms. The van der Waals surface area contributed by atoms with Gasteiger partial charge in [0.05, 0.1) is 18.8 Å². The van der Waals surface area contributed by atoms with E-state index in [1.807, 2.05) is 20.8 Å². The first-order valence-corrected chi connectivity index (χ1v) is 6.52. The van der Waals surface area contributed by atoms with Crippen molar-refractivity contribution >= 4 is 0 Å². The molecule has 3 nitrogen and oxygen atoms in total. The summed E-state index contributed by atoms with van der Waals surface area (Å²) in [5.41, 5.74) is -0.355. The molecule has 2 aliphatic rings. The van der Waals surface area contributed by atoms with Gasteiger partial charge in [0, 0.05) is 24.5 Å². The van der Waals surface area contributed by atoms with Crippen molar-refractivity contribution in [1.29, 1.82) is 0 Å². The fraction of sp³-hybridized carbons (Fsp3) is 1.00. The van der Waals surface area contributed by atoms with E-state index in [2.05, 4.69) is 4.90 Å². The molecular formula is C13H24FNO2. The Labute approximate surface area is 103 Å². The quantitative estimate of drug-likeness (QED) is 0.822. The molecular weight excluding hydrogens is 221 g/mol. The minimum absolute atomic E-state index is 0.124. The first-order valence-electron chi connectivity index (χ1n) is 6.52. The number of fused-ring (bicyclic) bond motifs is 1. The SMILES string of the molecule is CC(C)(C)OC[C@@]12CC[C@H](CO)N1C[C@H](F)C2. The van der Waals surface area contributed by atoms with Gasteiger partial charge in [-0.3, -0.25) is 4.90 Å². The molecule has 0 spiro atoms. The number of nitrogens with zero attached hydrogens (tertiary/aromatic N) is 1. The number of halogens is 1. The molecule has 0 aromatic carbocycles. The molecule has 0 unspecified atom stereocenters. The number of hydrogen-bond acceptors (Lipinski definition) is 3. The minimum atomic E-state index is -0.770. The van der Waals surface area contributed by atoms with Crippen molar-refractivity contribution in [2.24, 2.45) is 0 Å². The number of aliphatic hydroxyl groups excluding tert-OH is 1. The van der Waals surface area contributed by atoms with Crippen LogP contribution in [0.1, 0.15) is 40.0 Å². The Morgan fingerprint density at radius 3 is 2.76 bits per heavy atom. The number of ether oxygens (including phenoxy) is 1. The lowest BCUT2D eigenvalue weighted by Gasteiger charge is -2.36. The van der Waals surface area contributed by atoms with Gasteiger partial charge in [-0.25, -0.2) is 4.39 Å². The molecule has 0 aromatic heterocycles. The van der Waals surface area contributed by atoms with Crippen molar-refractivity contribution in [1.82, 2.24) is 4.90 Å². The Balaban J connectivity index is 2.06. The van der Waals surface area contributed by atoms with Crippen LogP contribution in [-0.4, -0.2) is 53.1 Å². The topological polar surface area (TPSA) is 32.7 Å². The van der Waals surface area contributed by atoms with Crippen LogP contribution in [-0.2, 0) is 4.74 Å². The van der Waals surface area contributed by atoms with Gasteiger partial charge >= 0.3 is 0 Å². The lowest BCUT2D eigenvalue weighted by Crippen LogP contribution is -2.48. The molecule has 0 aliphatic carbocycles. The zero-order valence-corrected chi connectivity index (χ0v) is 11.1. The Hall–Kier alpha value is -0.190. The summed E-state index contributed by atoms with van der Waals surface area (Å²) in [5, 5.41) is 9.34. The molecule has 2 fully saturated rings. The molecule has 17 heavy (non-hydrogen) atoms. The van der Waals surface area contributed by atoms with Gasteiger partial charge in [0.15, 0.2) is 0 Å². The van der Waals surface area contributed by atoms with E-state index in [9.17, 15) is 9.50 Å². The Morgan fingerprint density at radius 1 is 1.47 bits per heavy atom. The second kappa shape index (κ2) is 4.48. The first-order chi connectivity index (χ1) is 7.86. The van der Waals surface area contributed by atoms with E-state index in [0.29, 0.717) is 19.6 Å². The highest BCUT2D eigenvalue weighted by molar-refractivity contribution is 5.07. The third-order valence-electron chi connectivity index (χ3n) is 3.97. The lowest BCUT2D eigenvalue weighted by atomic mass is 9.94. The summed E-state index contributed by atoms with van der Waals surface area (Å²) in [5.74, 6) is 0. The summed E-state index contributed by atoms with van der Waals surface area (Å²) in [6, 6.07) is 0.124. The van der Waals surface area contributed by atoms with Crippen LogP contribution in [0.2, 0.25) is 0 Å². The van der Waals surface area contributed by atoms with Gasteiger partial charge in [0.1, 0.15) is 6.17 Å². The number of rotatable bonds is 3. The number of aliphatic hydroxyl groups is 1. The van der Waals surface area contributed by atoms with Gasteiger partial charge in [0.2, 0.25) is 0 Å². The third kappa shape index (κ3) is 2.64. The fourth-order valence-electron chi connectivity index (χ4n) is 3.13. The van der Waals surface area contributed by atoms with E-state index in [1.54, 1.807) is 0 Å². The standard InChI is InChI=1S/C13H24FNO2/c1-12(2,3)17-9-13-5-4-11(8-16)15(13)7-10(14)6-13/h10-11,16H,4-9H2,1-3H3/t10-,11-,13+/m1/s1. The highest BCUT2D eigenvalue weighted by atomic mass is 19.1. The van der Waals surface area contributed by atoms with Crippen molar-refractivity contribution in [3.05, 3.63) is 0 Å². The van der Waals surface area contributed by atoms with Crippen LogP contribution in [0.15, 0.2) is 0 Å². The van der Waals surface area contributed by atoms with Gasteiger partial charge in [-0.2, -0.15) is 0 Å². The van der Waals surface area contributed by atoms with Gasteiger partial charge in [-0.1, -0.05) is 0 Å². The molecule has 100 valence electrons. The predicted molar refractivity (Wildman–Crippen MR) is 64.8 cm³/mol. The summed E-state index contributed by atoms with van der Waals surface area (Å²) < 4.78 is 19.5. The van der Waals surface area contributed by atoms with Crippen molar-refractivity contribution in [3.8, 4) is 0 Å². The van der Waals surface area contributed by atoms with Crippen LogP contribution >= 0.6 is 0 Å². The predicted octanol–water partition coefficient (Wildman–Crippen LogP) is 1.74. The van der Waals surface area contributed by atoms with E-state index >= 15 is 0 Å².